The number of halogens is 1. The number of amides is 1. The maximum Gasteiger partial charge on any atom is 0.288 e. The van der Waals surface area contributed by atoms with Crippen molar-refractivity contribution >= 4 is 23.2 Å². The van der Waals surface area contributed by atoms with E-state index in [-0.39, 0.29) is 41.2 Å². The largest absolute Gasteiger partial charge is 0.379 e. The number of nitrogens with one attached hydrogen (secondary N) is 2. The van der Waals surface area contributed by atoms with Gasteiger partial charge in [-0.3, -0.25) is 9.59 Å². The summed E-state index contributed by atoms with van der Waals surface area (Å²) in [6, 6.07) is 5.44. The molecule has 1 amide bonds. The van der Waals surface area contributed by atoms with Crippen molar-refractivity contribution in [2.75, 3.05) is 5.32 Å². The summed E-state index contributed by atoms with van der Waals surface area (Å²) in [4.78, 5) is 29.0. The third-order valence-electron chi connectivity index (χ3n) is 7.52. The van der Waals surface area contributed by atoms with Gasteiger partial charge in [-0.05, 0) is 47.3 Å². The molecular weight excluding hydrogens is 440 g/mol. The number of hydrogen-bond donors (Lipinski definition) is 2. The molecule has 1 saturated carbocycles. The Morgan fingerprint density at radius 2 is 2.09 bits per heavy atom. The maximum atomic E-state index is 12.7. The van der Waals surface area contributed by atoms with Gasteiger partial charge in [-0.25, -0.2) is 9.67 Å². The smallest absolute Gasteiger partial charge is 0.288 e. The Hall–Kier alpha value is -2.92. The first-order chi connectivity index (χ1) is 15.5. The van der Waals surface area contributed by atoms with Crippen molar-refractivity contribution in [1.29, 1.82) is 5.26 Å². The summed E-state index contributed by atoms with van der Waals surface area (Å²) in [5.41, 5.74) is 1.23. The highest BCUT2D eigenvalue weighted by atomic mass is 35.5. The minimum atomic E-state index is -0.516. The number of rotatable bonds is 6. The molecule has 1 fully saturated rings. The molecular formula is C24H31ClN6O2. The summed E-state index contributed by atoms with van der Waals surface area (Å²) in [6.07, 6.45) is 4.00. The molecule has 9 heteroatoms. The molecule has 0 radical (unpaired) electrons. The summed E-state index contributed by atoms with van der Waals surface area (Å²) < 4.78 is 1.05. The zero-order chi connectivity index (χ0) is 24.3. The molecule has 0 aromatic carbocycles. The minimum Gasteiger partial charge on any atom is -0.379 e. The summed E-state index contributed by atoms with van der Waals surface area (Å²) in [5.74, 6) is 1.03. The fourth-order valence-electron chi connectivity index (χ4n) is 4.48. The molecule has 2 aromatic rings. The lowest BCUT2D eigenvalue weighted by molar-refractivity contribution is -0.122. The van der Waals surface area contributed by atoms with Gasteiger partial charge in [-0.15, -0.1) is 0 Å². The fourth-order valence-corrected chi connectivity index (χ4v) is 4.68. The molecule has 0 bridgehead atoms. The molecule has 4 atom stereocenters. The lowest BCUT2D eigenvalue weighted by Gasteiger charge is -2.50. The van der Waals surface area contributed by atoms with E-state index in [0.29, 0.717) is 23.4 Å². The molecule has 33 heavy (non-hydrogen) atoms. The molecule has 3 rings (SSSR count). The van der Waals surface area contributed by atoms with E-state index in [1.807, 2.05) is 6.07 Å². The van der Waals surface area contributed by atoms with Crippen LogP contribution < -0.4 is 16.2 Å². The molecule has 8 nitrogen and oxygen atoms in total. The number of carbonyl (C=O) groups is 1. The first-order valence-corrected chi connectivity index (χ1v) is 11.6. The number of pyridine rings is 1. The van der Waals surface area contributed by atoms with Gasteiger partial charge >= 0.3 is 0 Å². The van der Waals surface area contributed by atoms with E-state index in [9.17, 15) is 9.59 Å². The third-order valence-corrected chi connectivity index (χ3v) is 7.89. The molecule has 1 aliphatic carbocycles. The second-order valence-electron chi connectivity index (χ2n) is 9.63. The molecule has 176 valence electrons. The average molecular weight is 471 g/mol. The molecule has 0 saturated heterocycles. The molecule has 0 aliphatic heterocycles. The van der Waals surface area contributed by atoms with Crippen LogP contribution in [-0.4, -0.2) is 26.7 Å². The standard InChI is InChI=1S/C24H31ClN6O2/c1-14-8-19(15(2)16(3)24(14,4)5)30-20-12-29-31(23(33)22(20)25)13-21(32)28-11-17-6-7-27-18(9-17)10-26/h6-7,9,12,14-16,19,30H,8,11,13H2,1-5H3,(H,28,32)/t14-,15+,16+,19+/m0/s1. The Labute approximate surface area is 199 Å². The lowest BCUT2D eigenvalue weighted by atomic mass is 9.58. The Morgan fingerprint density at radius 3 is 2.79 bits per heavy atom. The van der Waals surface area contributed by atoms with Gasteiger partial charge in [0.2, 0.25) is 5.91 Å². The van der Waals surface area contributed by atoms with E-state index >= 15 is 0 Å². The minimum absolute atomic E-state index is 0.0305. The normalized spacial score (nSPS) is 24.0. The van der Waals surface area contributed by atoms with Gasteiger partial charge in [0.15, 0.2) is 0 Å². The van der Waals surface area contributed by atoms with Crippen molar-refractivity contribution in [3.63, 3.8) is 0 Å². The van der Waals surface area contributed by atoms with E-state index in [1.54, 1.807) is 12.1 Å². The van der Waals surface area contributed by atoms with Crippen LogP contribution in [0.2, 0.25) is 5.02 Å². The van der Waals surface area contributed by atoms with Gasteiger partial charge < -0.3 is 10.6 Å². The Bertz CT molecular complexity index is 1120. The lowest BCUT2D eigenvalue weighted by Crippen LogP contribution is -2.48. The van der Waals surface area contributed by atoms with Crippen LogP contribution in [0, 0.1) is 34.5 Å². The molecule has 2 N–H and O–H groups in total. The van der Waals surface area contributed by atoms with Crippen molar-refractivity contribution < 1.29 is 4.79 Å². The SMILES string of the molecule is C[C@@H]1[C@@H](C)C(C)(C)[C@@H](C)C[C@H]1Nc1cnn(CC(=O)NCc2ccnc(C#N)c2)c(=O)c1Cl. The highest BCUT2D eigenvalue weighted by Crippen LogP contribution is 2.48. The van der Waals surface area contributed by atoms with Crippen LogP contribution in [0.25, 0.3) is 0 Å². The predicted molar refractivity (Wildman–Crippen MR) is 128 cm³/mol. The van der Waals surface area contributed by atoms with E-state index in [1.165, 1.54) is 12.4 Å². The number of nitrogens with zero attached hydrogens (tertiary/aromatic N) is 4. The zero-order valence-electron chi connectivity index (χ0n) is 19.7. The monoisotopic (exact) mass is 470 g/mol. The van der Waals surface area contributed by atoms with Crippen LogP contribution in [0.15, 0.2) is 29.3 Å². The van der Waals surface area contributed by atoms with Crippen LogP contribution >= 0.6 is 11.6 Å². The Balaban J connectivity index is 1.66. The maximum absolute atomic E-state index is 12.7. The second kappa shape index (κ2) is 9.92. The first kappa shape index (κ1) is 24.7. The van der Waals surface area contributed by atoms with Crippen molar-refractivity contribution in [3.05, 3.63) is 51.2 Å². The summed E-state index contributed by atoms with van der Waals surface area (Å²) in [6.45, 7) is 11.4. The fraction of sp³-hybridized carbons (Fsp3) is 0.542. The summed E-state index contributed by atoms with van der Waals surface area (Å²) in [7, 11) is 0. The second-order valence-corrected chi connectivity index (χ2v) is 10.0. The van der Waals surface area contributed by atoms with Gasteiger partial charge in [-0.1, -0.05) is 46.2 Å². The van der Waals surface area contributed by atoms with Crippen molar-refractivity contribution in [2.24, 2.45) is 23.2 Å². The first-order valence-electron chi connectivity index (χ1n) is 11.2. The van der Waals surface area contributed by atoms with Gasteiger partial charge in [0.25, 0.3) is 5.56 Å². The van der Waals surface area contributed by atoms with Gasteiger partial charge in [-0.2, -0.15) is 10.4 Å². The number of hydrogen-bond acceptors (Lipinski definition) is 6. The number of aromatic nitrogens is 3. The zero-order valence-corrected chi connectivity index (χ0v) is 20.5. The Morgan fingerprint density at radius 1 is 1.36 bits per heavy atom. The molecule has 2 heterocycles. The topological polar surface area (TPSA) is 113 Å². The van der Waals surface area contributed by atoms with Crippen LogP contribution in [0.4, 0.5) is 5.69 Å². The third kappa shape index (κ3) is 5.36. The molecule has 2 aromatic heterocycles. The molecule has 0 spiro atoms. The average Bonchev–Trinajstić information content (AvgIpc) is 2.80. The van der Waals surface area contributed by atoms with Crippen molar-refractivity contribution in [1.82, 2.24) is 20.1 Å². The van der Waals surface area contributed by atoms with Crippen LogP contribution in [0.1, 0.15) is 52.3 Å². The van der Waals surface area contributed by atoms with Gasteiger partial charge in [0.1, 0.15) is 23.3 Å². The predicted octanol–water partition coefficient (Wildman–Crippen LogP) is 3.60. The summed E-state index contributed by atoms with van der Waals surface area (Å²) in [5, 5.41) is 19.3. The van der Waals surface area contributed by atoms with Gasteiger partial charge in [0.05, 0.1) is 11.9 Å². The highest BCUT2D eigenvalue weighted by Gasteiger charge is 2.43. The van der Waals surface area contributed by atoms with Gasteiger partial charge in [0, 0.05) is 18.8 Å². The van der Waals surface area contributed by atoms with Crippen LogP contribution in [0.5, 0.6) is 0 Å². The highest BCUT2D eigenvalue weighted by molar-refractivity contribution is 6.32. The van der Waals surface area contributed by atoms with Crippen molar-refractivity contribution in [2.45, 2.75) is 60.2 Å². The molecule has 1 aliphatic rings. The van der Waals surface area contributed by atoms with Crippen LogP contribution in [0.3, 0.4) is 0 Å². The van der Waals surface area contributed by atoms with Crippen molar-refractivity contribution in [3.8, 4) is 6.07 Å². The van der Waals surface area contributed by atoms with Crippen LogP contribution in [-0.2, 0) is 17.9 Å². The molecule has 0 unspecified atom stereocenters. The number of nitriles is 1. The quantitative estimate of drug-likeness (QED) is 0.666. The summed E-state index contributed by atoms with van der Waals surface area (Å²) >= 11 is 6.38. The van der Waals surface area contributed by atoms with E-state index in [2.05, 4.69) is 55.3 Å². The van der Waals surface area contributed by atoms with E-state index < -0.39 is 5.56 Å². The Kier molecular flexibility index (Phi) is 7.43. The number of anilines is 1. The van der Waals surface area contributed by atoms with E-state index in [0.717, 1.165) is 16.7 Å². The van der Waals surface area contributed by atoms with E-state index in [4.69, 9.17) is 16.9 Å². The number of carbonyl (C=O) groups excluding carboxylic acids is 1.